The van der Waals surface area contributed by atoms with Crippen LogP contribution < -0.4 is 25.7 Å². The summed E-state index contributed by atoms with van der Waals surface area (Å²) in [5.74, 6) is 1.24. The molecule has 158 valence electrons. The van der Waals surface area contributed by atoms with Crippen molar-refractivity contribution < 1.29 is 14.2 Å². The Balaban J connectivity index is 2.05. The summed E-state index contributed by atoms with van der Waals surface area (Å²) in [4.78, 5) is 0. The van der Waals surface area contributed by atoms with Crippen LogP contribution in [0, 0.1) is 22.7 Å². The maximum absolute atomic E-state index is 9.41. The minimum atomic E-state index is -0.500. The Morgan fingerprint density at radius 2 is 1.69 bits per heavy atom. The van der Waals surface area contributed by atoms with Crippen LogP contribution in [0.5, 0.6) is 17.2 Å². The maximum Gasteiger partial charge on any atom is 0.197 e. The van der Waals surface area contributed by atoms with E-state index in [4.69, 9.17) is 25.7 Å². The third kappa shape index (κ3) is 3.23. The van der Waals surface area contributed by atoms with Gasteiger partial charge in [-0.1, -0.05) is 42.5 Å². The molecular weight excluding hydrogens is 404 g/mol. The fourth-order valence-corrected chi connectivity index (χ4v) is 4.01. The first-order valence-corrected chi connectivity index (χ1v) is 9.75. The first-order valence-electron chi connectivity index (χ1n) is 9.75. The number of hydrogen-bond donors (Lipinski definition) is 2. The van der Waals surface area contributed by atoms with Crippen LogP contribution in [-0.2, 0) is 0 Å². The molecule has 4 N–H and O–H groups in total. The lowest BCUT2D eigenvalue weighted by Crippen LogP contribution is -2.26. The van der Waals surface area contributed by atoms with Crippen molar-refractivity contribution in [2.45, 2.75) is 5.92 Å². The summed E-state index contributed by atoms with van der Waals surface area (Å²) in [5.41, 5.74) is 14.3. The number of nitriles is 2. The van der Waals surface area contributed by atoms with Crippen LogP contribution in [0.15, 0.2) is 77.3 Å². The fourth-order valence-electron chi connectivity index (χ4n) is 4.01. The number of rotatable bonds is 4. The van der Waals surface area contributed by atoms with Crippen LogP contribution in [0.1, 0.15) is 17.0 Å². The number of allylic oxidation sites excluding steroid dienone is 2. The Labute approximate surface area is 185 Å². The molecule has 1 aliphatic heterocycles. The van der Waals surface area contributed by atoms with Gasteiger partial charge in [0.05, 0.1) is 19.9 Å². The second-order valence-electron chi connectivity index (χ2n) is 7.14. The molecule has 4 rings (SSSR count). The highest BCUT2D eigenvalue weighted by Gasteiger charge is 2.34. The van der Waals surface area contributed by atoms with Gasteiger partial charge in [-0.25, -0.2) is 0 Å². The lowest BCUT2D eigenvalue weighted by atomic mass is 9.80. The molecular formula is C25H20N4O3. The minimum Gasteiger partial charge on any atom is -0.493 e. The van der Waals surface area contributed by atoms with Crippen LogP contribution in [-0.4, -0.2) is 14.2 Å². The van der Waals surface area contributed by atoms with Gasteiger partial charge in [-0.3, -0.25) is 0 Å². The van der Waals surface area contributed by atoms with E-state index in [1.807, 2.05) is 60.7 Å². The smallest absolute Gasteiger partial charge is 0.197 e. The van der Waals surface area contributed by atoms with E-state index < -0.39 is 5.92 Å². The van der Waals surface area contributed by atoms with Crippen LogP contribution >= 0.6 is 0 Å². The zero-order chi connectivity index (χ0) is 22.8. The number of hydrogen-bond acceptors (Lipinski definition) is 7. The molecule has 7 nitrogen and oxygen atoms in total. The Kier molecular flexibility index (Phi) is 5.32. The van der Waals surface area contributed by atoms with E-state index in [0.717, 1.165) is 21.9 Å². The molecule has 0 saturated heterocycles. The maximum atomic E-state index is 9.41. The zero-order valence-corrected chi connectivity index (χ0v) is 17.5. The molecule has 1 heterocycles. The van der Waals surface area contributed by atoms with Crippen LogP contribution in [0.4, 0.5) is 0 Å². The molecule has 3 aromatic carbocycles. The average molecular weight is 424 g/mol. The predicted octanol–water partition coefficient (Wildman–Crippen LogP) is 3.81. The van der Waals surface area contributed by atoms with E-state index in [0.29, 0.717) is 22.8 Å². The van der Waals surface area contributed by atoms with Crippen molar-refractivity contribution in [1.82, 2.24) is 0 Å². The van der Waals surface area contributed by atoms with E-state index >= 15 is 0 Å². The average Bonchev–Trinajstić information content (AvgIpc) is 2.83. The molecule has 1 aliphatic rings. The lowest BCUT2D eigenvalue weighted by Gasteiger charge is -2.31. The molecule has 0 saturated carbocycles. The summed E-state index contributed by atoms with van der Waals surface area (Å²) in [6.45, 7) is 0. The molecule has 7 heteroatoms. The molecule has 0 aliphatic carbocycles. The summed E-state index contributed by atoms with van der Waals surface area (Å²) in [6, 6.07) is 20.9. The Morgan fingerprint density at radius 3 is 2.38 bits per heavy atom. The first-order chi connectivity index (χ1) is 15.5. The molecule has 0 aromatic heterocycles. The quantitative estimate of drug-likeness (QED) is 0.610. The van der Waals surface area contributed by atoms with E-state index in [9.17, 15) is 10.5 Å². The molecule has 0 radical (unpaired) electrons. The van der Waals surface area contributed by atoms with E-state index in [1.54, 1.807) is 20.3 Å². The van der Waals surface area contributed by atoms with Crippen molar-refractivity contribution >= 4 is 10.8 Å². The topological polar surface area (TPSA) is 127 Å². The number of methoxy groups -OCH3 is 2. The summed E-state index contributed by atoms with van der Waals surface area (Å²) < 4.78 is 16.9. The summed E-state index contributed by atoms with van der Waals surface area (Å²) in [6.07, 6.45) is 0. The van der Waals surface area contributed by atoms with Crippen molar-refractivity contribution in [2.75, 3.05) is 14.2 Å². The molecule has 0 bridgehead atoms. The first kappa shape index (κ1) is 20.6. The third-order valence-electron chi connectivity index (χ3n) is 5.51. The summed E-state index contributed by atoms with van der Waals surface area (Å²) >= 11 is 0. The van der Waals surface area contributed by atoms with E-state index in [-0.39, 0.29) is 17.2 Å². The number of nitrogens with zero attached hydrogens (tertiary/aromatic N) is 2. The van der Waals surface area contributed by atoms with Gasteiger partial charge in [-0.2, -0.15) is 10.5 Å². The van der Waals surface area contributed by atoms with Gasteiger partial charge < -0.3 is 25.7 Å². The van der Waals surface area contributed by atoms with Gasteiger partial charge in [0.25, 0.3) is 0 Å². The van der Waals surface area contributed by atoms with Crippen molar-refractivity contribution in [3.63, 3.8) is 0 Å². The van der Waals surface area contributed by atoms with E-state index in [1.165, 1.54) is 0 Å². The molecule has 0 fully saturated rings. The van der Waals surface area contributed by atoms with Gasteiger partial charge in [0, 0.05) is 22.4 Å². The van der Waals surface area contributed by atoms with Crippen LogP contribution in [0.25, 0.3) is 10.8 Å². The molecule has 1 atom stereocenters. The van der Waals surface area contributed by atoms with E-state index in [2.05, 4.69) is 0 Å². The molecule has 0 spiro atoms. The zero-order valence-electron chi connectivity index (χ0n) is 17.5. The summed E-state index contributed by atoms with van der Waals surface area (Å²) in [7, 11) is 3.11. The van der Waals surface area contributed by atoms with Crippen molar-refractivity contribution in [3.05, 3.63) is 88.5 Å². The molecule has 32 heavy (non-hydrogen) atoms. The van der Waals surface area contributed by atoms with Crippen molar-refractivity contribution in [3.8, 4) is 29.4 Å². The second-order valence-corrected chi connectivity index (χ2v) is 7.14. The highest BCUT2D eigenvalue weighted by Crippen LogP contribution is 2.48. The SMILES string of the molecule is COc1ccc([C@@H]2C(C(N)=C(C#N)C#N)=C(N)Oc3c2ccc2ccccc32)cc1OC. The van der Waals surface area contributed by atoms with Crippen LogP contribution in [0.3, 0.4) is 0 Å². The van der Waals surface area contributed by atoms with Gasteiger partial charge in [-0.05, 0) is 23.1 Å². The Bertz CT molecular complexity index is 1360. The number of ether oxygens (including phenoxy) is 3. The van der Waals surface area contributed by atoms with Crippen molar-refractivity contribution in [2.24, 2.45) is 11.5 Å². The monoisotopic (exact) mass is 424 g/mol. The van der Waals surface area contributed by atoms with Gasteiger partial charge in [0.2, 0.25) is 0 Å². The minimum absolute atomic E-state index is 0.0221. The highest BCUT2D eigenvalue weighted by molar-refractivity contribution is 5.91. The largest absolute Gasteiger partial charge is 0.493 e. The Morgan fingerprint density at radius 1 is 0.969 bits per heavy atom. The van der Waals surface area contributed by atoms with Crippen molar-refractivity contribution in [1.29, 1.82) is 10.5 Å². The molecule has 0 unspecified atom stereocenters. The number of nitrogens with two attached hydrogens (primary N) is 2. The highest BCUT2D eigenvalue weighted by atomic mass is 16.5. The fraction of sp³-hybridized carbons (Fsp3) is 0.120. The molecule has 3 aromatic rings. The third-order valence-corrected chi connectivity index (χ3v) is 5.51. The lowest BCUT2D eigenvalue weighted by molar-refractivity contribution is 0.354. The van der Waals surface area contributed by atoms with Gasteiger partial charge in [0.15, 0.2) is 23.0 Å². The normalized spacial score (nSPS) is 14.6. The van der Waals surface area contributed by atoms with Gasteiger partial charge in [-0.15, -0.1) is 0 Å². The predicted molar refractivity (Wildman–Crippen MR) is 120 cm³/mol. The summed E-state index contributed by atoms with van der Waals surface area (Å²) in [5, 5.41) is 20.7. The standard InChI is InChI=1S/C25H20N4O3/c1-30-19-10-8-15(11-20(19)31-2)21-18-9-7-14-5-3-4-6-17(14)24(18)32-25(29)22(21)23(28)16(12-26)13-27/h3-11,21H,28-29H2,1-2H3/t21-/m0/s1. The van der Waals surface area contributed by atoms with Gasteiger partial charge >= 0.3 is 0 Å². The Hall–Kier alpha value is -4.62. The van der Waals surface area contributed by atoms with Crippen LogP contribution in [0.2, 0.25) is 0 Å². The van der Waals surface area contributed by atoms with Gasteiger partial charge in [0.1, 0.15) is 17.9 Å². The number of fused-ring (bicyclic) bond motifs is 3. The molecule has 0 amide bonds. The second kappa shape index (κ2) is 8.25. The number of benzene rings is 3.